The lowest BCUT2D eigenvalue weighted by molar-refractivity contribution is 0.146. The van der Waals surface area contributed by atoms with Gasteiger partial charge in [0.1, 0.15) is 23.4 Å². The molecule has 0 unspecified atom stereocenters. The molecule has 1 aliphatic heterocycles. The Hall–Kier alpha value is -3.05. The SMILES string of the molecule is CCn1c2c(cc(C#N)c1=O)[C@@H](C(C)C)Oc1cc(OCCCOC)c(OC)nc1-2. The van der Waals surface area contributed by atoms with Crippen molar-refractivity contribution in [3.8, 4) is 34.8 Å². The van der Waals surface area contributed by atoms with Crippen molar-refractivity contribution in [1.82, 2.24) is 9.55 Å². The van der Waals surface area contributed by atoms with E-state index >= 15 is 0 Å². The molecule has 30 heavy (non-hydrogen) atoms. The van der Waals surface area contributed by atoms with Crippen LogP contribution in [0.1, 0.15) is 44.4 Å². The molecule has 0 radical (unpaired) electrons. The van der Waals surface area contributed by atoms with Crippen molar-refractivity contribution in [3.63, 3.8) is 0 Å². The maximum Gasteiger partial charge on any atom is 0.269 e. The molecule has 0 fully saturated rings. The summed E-state index contributed by atoms with van der Waals surface area (Å²) in [6.45, 7) is 7.37. The number of rotatable bonds is 8. The van der Waals surface area contributed by atoms with E-state index in [1.807, 2.05) is 26.8 Å². The van der Waals surface area contributed by atoms with Gasteiger partial charge in [0.2, 0.25) is 0 Å². The molecule has 1 atom stereocenters. The van der Waals surface area contributed by atoms with E-state index in [0.717, 1.165) is 12.0 Å². The first-order valence-electron chi connectivity index (χ1n) is 10.0. The molecule has 0 saturated heterocycles. The fraction of sp³-hybridized carbons (Fsp3) is 0.500. The van der Waals surface area contributed by atoms with E-state index in [1.54, 1.807) is 23.8 Å². The lowest BCUT2D eigenvalue weighted by Crippen LogP contribution is -2.30. The topological polar surface area (TPSA) is 95.6 Å². The Morgan fingerprint density at radius 3 is 2.67 bits per heavy atom. The summed E-state index contributed by atoms with van der Waals surface area (Å²) in [6, 6.07) is 5.39. The van der Waals surface area contributed by atoms with Gasteiger partial charge in [-0.05, 0) is 18.9 Å². The van der Waals surface area contributed by atoms with Crippen molar-refractivity contribution in [2.75, 3.05) is 27.4 Å². The number of fused-ring (bicyclic) bond motifs is 3. The Morgan fingerprint density at radius 2 is 2.07 bits per heavy atom. The van der Waals surface area contributed by atoms with Gasteiger partial charge < -0.3 is 23.5 Å². The van der Waals surface area contributed by atoms with Gasteiger partial charge in [-0.15, -0.1) is 0 Å². The van der Waals surface area contributed by atoms with E-state index < -0.39 is 0 Å². The second kappa shape index (κ2) is 9.18. The van der Waals surface area contributed by atoms with Crippen LogP contribution in [0.2, 0.25) is 0 Å². The lowest BCUT2D eigenvalue weighted by atomic mass is 9.92. The molecule has 3 rings (SSSR count). The zero-order chi connectivity index (χ0) is 21.8. The number of aromatic nitrogens is 2. The average molecular weight is 413 g/mol. The van der Waals surface area contributed by atoms with Gasteiger partial charge in [0, 0.05) is 38.3 Å². The monoisotopic (exact) mass is 413 g/mol. The van der Waals surface area contributed by atoms with Crippen LogP contribution in [0.15, 0.2) is 16.9 Å². The average Bonchev–Trinajstić information content (AvgIpc) is 2.75. The second-order valence-corrected chi connectivity index (χ2v) is 7.34. The number of hydrogen-bond donors (Lipinski definition) is 0. The maximum atomic E-state index is 12.8. The van der Waals surface area contributed by atoms with Gasteiger partial charge >= 0.3 is 0 Å². The van der Waals surface area contributed by atoms with Gasteiger partial charge in [0.25, 0.3) is 11.4 Å². The van der Waals surface area contributed by atoms with Gasteiger partial charge in [-0.25, -0.2) is 4.98 Å². The molecule has 1 aliphatic rings. The molecule has 8 heteroatoms. The van der Waals surface area contributed by atoms with Crippen molar-refractivity contribution >= 4 is 0 Å². The Balaban J connectivity index is 2.19. The number of methoxy groups -OCH3 is 2. The van der Waals surface area contributed by atoms with E-state index in [0.29, 0.717) is 48.5 Å². The summed E-state index contributed by atoms with van der Waals surface area (Å²) < 4.78 is 24.2. The predicted octanol–water partition coefficient (Wildman–Crippen LogP) is 3.32. The molecular weight excluding hydrogens is 386 g/mol. The highest BCUT2D eigenvalue weighted by Crippen LogP contribution is 2.46. The Kier molecular flexibility index (Phi) is 6.63. The fourth-order valence-electron chi connectivity index (χ4n) is 3.60. The van der Waals surface area contributed by atoms with Crippen LogP contribution in [0.4, 0.5) is 0 Å². The smallest absolute Gasteiger partial charge is 0.269 e. The number of nitriles is 1. The molecule has 0 aromatic carbocycles. The maximum absolute atomic E-state index is 12.8. The van der Waals surface area contributed by atoms with Gasteiger partial charge in [-0.1, -0.05) is 13.8 Å². The van der Waals surface area contributed by atoms with Gasteiger partial charge in [-0.2, -0.15) is 5.26 Å². The predicted molar refractivity (Wildman–Crippen MR) is 111 cm³/mol. The van der Waals surface area contributed by atoms with Gasteiger partial charge in [0.15, 0.2) is 11.5 Å². The number of ether oxygens (including phenoxy) is 4. The molecule has 0 bridgehead atoms. The van der Waals surface area contributed by atoms with Crippen molar-refractivity contribution in [1.29, 1.82) is 5.26 Å². The highest BCUT2D eigenvalue weighted by molar-refractivity contribution is 5.72. The Bertz CT molecular complexity index is 1020. The van der Waals surface area contributed by atoms with Crippen molar-refractivity contribution in [2.24, 2.45) is 5.92 Å². The van der Waals surface area contributed by atoms with Crippen molar-refractivity contribution in [3.05, 3.63) is 33.6 Å². The fourth-order valence-corrected chi connectivity index (χ4v) is 3.60. The van der Waals surface area contributed by atoms with E-state index in [9.17, 15) is 10.1 Å². The minimum atomic E-state index is -0.338. The summed E-state index contributed by atoms with van der Waals surface area (Å²) in [5, 5.41) is 9.43. The first-order valence-corrected chi connectivity index (χ1v) is 10.0. The number of pyridine rings is 2. The molecule has 8 nitrogen and oxygen atoms in total. The Labute approximate surface area is 176 Å². The van der Waals surface area contributed by atoms with Gasteiger partial charge in [-0.3, -0.25) is 4.79 Å². The zero-order valence-electron chi connectivity index (χ0n) is 18.0. The summed E-state index contributed by atoms with van der Waals surface area (Å²) in [6.07, 6.45) is 0.399. The molecule has 0 amide bonds. The Morgan fingerprint density at radius 1 is 1.30 bits per heavy atom. The molecule has 2 aromatic heterocycles. The molecule has 0 N–H and O–H groups in total. The summed E-state index contributed by atoms with van der Waals surface area (Å²) in [5.74, 6) is 1.41. The highest BCUT2D eigenvalue weighted by atomic mass is 16.5. The molecule has 3 heterocycles. The van der Waals surface area contributed by atoms with E-state index in [2.05, 4.69) is 4.98 Å². The van der Waals surface area contributed by atoms with Crippen molar-refractivity contribution < 1.29 is 18.9 Å². The quantitative estimate of drug-likeness (QED) is 0.613. The molecule has 0 spiro atoms. The van der Waals surface area contributed by atoms with Crippen LogP contribution in [0.3, 0.4) is 0 Å². The van der Waals surface area contributed by atoms with Gasteiger partial charge in [0.05, 0.1) is 19.4 Å². The second-order valence-electron chi connectivity index (χ2n) is 7.34. The van der Waals surface area contributed by atoms with Crippen LogP contribution in [0.5, 0.6) is 17.4 Å². The summed E-state index contributed by atoms with van der Waals surface area (Å²) in [5.41, 5.74) is 1.70. The first-order chi connectivity index (χ1) is 14.5. The lowest BCUT2D eigenvalue weighted by Gasteiger charge is -2.32. The van der Waals surface area contributed by atoms with Crippen LogP contribution < -0.4 is 19.8 Å². The van der Waals surface area contributed by atoms with Crippen LogP contribution in [-0.2, 0) is 11.3 Å². The number of nitrogens with zero attached hydrogens (tertiary/aromatic N) is 3. The summed E-state index contributed by atoms with van der Waals surface area (Å²) in [7, 11) is 3.16. The third kappa shape index (κ3) is 3.85. The summed E-state index contributed by atoms with van der Waals surface area (Å²) >= 11 is 0. The molecule has 0 saturated carbocycles. The van der Waals surface area contributed by atoms with Crippen molar-refractivity contribution in [2.45, 2.75) is 39.8 Å². The van der Waals surface area contributed by atoms with E-state index in [1.165, 1.54) is 7.11 Å². The standard InChI is InChI=1S/C22H27N3O5/c1-6-25-19-15(10-14(12-23)22(25)26)20(13(2)3)30-16-11-17(29-9-7-8-27-4)21(28-5)24-18(16)19/h10-11,13,20H,6-9H2,1-5H3/t20-/m1/s1. The third-order valence-electron chi connectivity index (χ3n) is 5.01. The molecule has 2 aromatic rings. The zero-order valence-corrected chi connectivity index (χ0v) is 18.0. The minimum absolute atomic E-state index is 0.0957. The first kappa shape index (κ1) is 21.7. The van der Waals surface area contributed by atoms with E-state index in [-0.39, 0.29) is 23.1 Å². The number of hydrogen-bond acceptors (Lipinski definition) is 7. The van der Waals surface area contributed by atoms with Crippen LogP contribution in [0.25, 0.3) is 11.4 Å². The van der Waals surface area contributed by atoms with Crippen LogP contribution in [-0.4, -0.2) is 37.0 Å². The molecule has 0 aliphatic carbocycles. The normalized spacial score (nSPS) is 14.5. The highest BCUT2D eigenvalue weighted by Gasteiger charge is 2.34. The minimum Gasteiger partial charge on any atom is -0.488 e. The van der Waals surface area contributed by atoms with Crippen LogP contribution >= 0.6 is 0 Å². The third-order valence-corrected chi connectivity index (χ3v) is 5.01. The van der Waals surface area contributed by atoms with E-state index in [4.69, 9.17) is 18.9 Å². The summed E-state index contributed by atoms with van der Waals surface area (Å²) in [4.78, 5) is 17.4. The molecular formula is C22H27N3O5. The largest absolute Gasteiger partial charge is 0.488 e. The molecule has 160 valence electrons. The van der Waals surface area contributed by atoms with Crippen LogP contribution in [0, 0.1) is 17.2 Å².